The summed E-state index contributed by atoms with van der Waals surface area (Å²) in [6, 6.07) is 4.03. The molecule has 2 unspecified atom stereocenters. The van der Waals surface area contributed by atoms with Crippen LogP contribution in [0.2, 0.25) is 0 Å². The number of hydrogen-bond acceptors (Lipinski definition) is 3. The van der Waals surface area contributed by atoms with Crippen LogP contribution in [0.5, 0.6) is 0 Å². The van der Waals surface area contributed by atoms with E-state index in [9.17, 15) is 0 Å². The highest BCUT2D eigenvalue weighted by Gasteiger charge is 2.33. The van der Waals surface area contributed by atoms with Crippen LogP contribution in [0.3, 0.4) is 0 Å². The minimum Gasteiger partial charge on any atom is -0.366 e. The van der Waals surface area contributed by atoms with Crippen molar-refractivity contribution in [1.29, 1.82) is 0 Å². The minimum absolute atomic E-state index is 0.569. The summed E-state index contributed by atoms with van der Waals surface area (Å²) in [5.74, 6) is 0.997. The van der Waals surface area contributed by atoms with Gasteiger partial charge in [0.15, 0.2) is 0 Å². The van der Waals surface area contributed by atoms with Crippen LogP contribution in [0.1, 0.15) is 31.2 Å². The van der Waals surface area contributed by atoms with Crippen molar-refractivity contribution in [3.8, 4) is 0 Å². The van der Waals surface area contributed by atoms with E-state index < -0.39 is 0 Å². The Morgan fingerprint density at radius 1 is 1.35 bits per heavy atom. The van der Waals surface area contributed by atoms with Crippen LogP contribution in [0.25, 0.3) is 0 Å². The molecule has 0 aliphatic carbocycles. The molecular weight excluding hydrogens is 278 g/mol. The van der Waals surface area contributed by atoms with Gasteiger partial charge in [-0.1, -0.05) is 0 Å². The van der Waals surface area contributed by atoms with Gasteiger partial charge in [0.05, 0.1) is 4.47 Å². The van der Waals surface area contributed by atoms with E-state index in [1.807, 2.05) is 12.3 Å². The number of nitrogens with one attached hydrogen (secondary N) is 2. The van der Waals surface area contributed by atoms with E-state index in [1.54, 1.807) is 0 Å². The largest absolute Gasteiger partial charge is 0.366 e. The molecule has 0 spiro atoms. The molecule has 2 saturated heterocycles. The summed E-state index contributed by atoms with van der Waals surface area (Å²) in [5.41, 5.74) is 1.24. The highest BCUT2D eigenvalue weighted by atomic mass is 79.9. The number of fused-ring (bicyclic) bond motifs is 2. The number of piperidine rings is 1. The Hall–Kier alpha value is -0.610. The number of rotatable bonds is 2. The van der Waals surface area contributed by atoms with Gasteiger partial charge in [-0.3, -0.25) is 0 Å². The summed E-state index contributed by atoms with van der Waals surface area (Å²) in [5, 5.41) is 7.25. The molecule has 3 rings (SSSR count). The number of halogens is 1. The van der Waals surface area contributed by atoms with Gasteiger partial charge in [-0.2, -0.15) is 0 Å². The van der Waals surface area contributed by atoms with Crippen molar-refractivity contribution in [2.45, 2.75) is 50.7 Å². The normalized spacial score (nSPS) is 31.5. The van der Waals surface area contributed by atoms with Crippen molar-refractivity contribution < 1.29 is 0 Å². The first kappa shape index (κ1) is 11.5. The molecule has 1 aromatic heterocycles. The molecule has 0 aromatic carbocycles. The lowest BCUT2D eigenvalue weighted by Crippen LogP contribution is -2.43. The lowest BCUT2D eigenvalue weighted by Gasteiger charge is -2.30. The van der Waals surface area contributed by atoms with Crippen LogP contribution in [0.15, 0.2) is 16.7 Å². The van der Waals surface area contributed by atoms with Crippen LogP contribution in [0.4, 0.5) is 5.82 Å². The summed E-state index contributed by atoms with van der Waals surface area (Å²) in [6.45, 7) is 2.10. The molecule has 2 aliphatic rings. The van der Waals surface area contributed by atoms with Gasteiger partial charge in [0.1, 0.15) is 5.82 Å². The molecule has 17 heavy (non-hydrogen) atoms. The van der Waals surface area contributed by atoms with Crippen molar-refractivity contribution in [3.05, 3.63) is 22.3 Å². The second kappa shape index (κ2) is 4.58. The van der Waals surface area contributed by atoms with Crippen LogP contribution < -0.4 is 10.6 Å². The fourth-order valence-electron chi connectivity index (χ4n) is 3.01. The maximum atomic E-state index is 4.43. The average Bonchev–Trinajstić information content (AvgIpc) is 2.65. The molecule has 0 amide bonds. The molecule has 4 heteroatoms. The molecule has 2 atom stereocenters. The van der Waals surface area contributed by atoms with Crippen LogP contribution in [0, 0.1) is 6.92 Å². The number of anilines is 1. The van der Waals surface area contributed by atoms with E-state index in [0.29, 0.717) is 6.04 Å². The summed E-state index contributed by atoms with van der Waals surface area (Å²) >= 11 is 3.61. The van der Waals surface area contributed by atoms with Gasteiger partial charge in [-0.15, -0.1) is 0 Å². The van der Waals surface area contributed by atoms with Crippen molar-refractivity contribution >= 4 is 21.7 Å². The molecule has 2 fully saturated rings. The predicted molar refractivity (Wildman–Crippen MR) is 73.3 cm³/mol. The van der Waals surface area contributed by atoms with Crippen molar-refractivity contribution in [2.75, 3.05) is 5.32 Å². The van der Waals surface area contributed by atoms with E-state index in [1.165, 1.54) is 31.2 Å². The Morgan fingerprint density at radius 3 is 2.76 bits per heavy atom. The fourth-order valence-corrected chi connectivity index (χ4v) is 3.36. The molecule has 92 valence electrons. The van der Waals surface area contributed by atoms with Crippen molar-refractivity contribution in [2.24, 2.45) is 0 Å². The topological polar surface area (TPSA) is 37.0 Å². The van der Waals surface area contributed by atoms with E-state index in [2.05, 4.69) is 38.5 Å². The zero-order valence-electron chi connectivity index (χ0n) is 10.0. The molecule has 0 saturated carbocycles. The Balaban J connectivity index is 1.72. The van der Waals surface area contributed by atoms with E-state index in [4.69, 9.17) is 0 Å². The quantitative estimate of drug-likeness (QED) is 0.881. The van der Waals surface area contributed by atoms with Gasteiger partial charge in [-0.25, -0.2) is 4.98 Å². The van der Waals surface area contributed by atoms with E-state index in [0.717, 1.165) is 22.4 Å². The Labute approximate surface area is 111 Å². The first-order valence-electron chi connectivity index (χ1n) is 6.36. The monoisotopic (exact) mass is 295 g/mol. The molecule has 2 N–H and O–H groups in total. The van der Waals surface area contributed by atoms with Crippen molar-refractivity contribution in [1.82, 2.24) is 10.3 Å². The molecular formula is C13H18BrN3. The third-order valence-corrected chi connectivity index (χ3v) is 4.90. The van der Waals surface area contributed by atoms with Crippen LogP contribution >= 0.6 is 15.9 Å². The molecule has 1 aromatic rings. The maximum Gasteiger partial charge on any atom is 0.140 e. The van der Waals surface area contributed by atoms with Gasteiger partial charge >= 0.3 is 0 Å². The lowest BCUT2D eigenvalue weighted by molar-refractivity contribution is 0.377. The third-order valence-electron chi connectivity index (χ3n) is 3.90. The lowest BCUT2D eigenvalue weighted by atomic mass is 10.00. The zero-order valence-corrected chi connectivity index (χ0v) is 11.6. The number of pyridine rings is 1. The van der Waals surface area contributed by atoms with Crippen LogP contribution in [-0.2, 0) is 0 Å². The molecule has 2 aliphatic heterocycles. The maximum absolute atomic E-state index is 4.43. The second-order valence-electron chi connectivity index (χ2n) is 5.24. The average molecular weight is 296 g/mol. The smallest absolute Gasteiger partial charge is 0.140 e. The van der Waals surface area contributed by atoms with E-state index in [-0.39, 0.29) is 0 Å². The Bertz CT molecular complexity index is 409. The molecule has 3 heterocycles. The predicted octanol–water partition coefficient (Wildman–Crippen LogP) is 2.85. The fraction of sp³-hybridized carbons (Fsp3) is 0.615. The van der Waals surface area contributed by atoms with Gasteiger partial charge < -0.3 is 10.6 Å². The number of hydrogen-bond donors (Lipinski definition) is 2. The number of aryl methyl sites for hydroxylation is 1. The van der Waals surface area contributed by atoms with Gasteiger partial charge in [0.2, 0.25) is 0 Å². The molecule has 2 bridgehead atoms. The molecule has 0 radical (unpaired) electrons. The summed E-state index contributed by atoms with van der Waals surface area (Å²) in [6.07, 6.45) is 6.99. The van der Waals surface area contributed by atoms with Gasteiger partial charge in [0.25, 0.3) is 0 Å². The molecule has 3 nitrogen and oxygen atoms in total. The standard InChI is InChI=1S/C13H18BrN3/c1-8-4-5-15-13(12(8)14)17-11-6-9-2-3-10(7-11)16-9/h4-5,9-11,16H,2-3,6-7H2,1H3,(H,15,17). The zero-order chi connectivity index (χ0) is 11.8. The van der Waals surface area contributed by atoms with Gasteiger partial charge in [0, 0.05) is 24.3 Å². The number of nitrogens with zero attached hydrogens (tertiary/aromatic N) is 1. The van der Waals surface area contributed by atoms with Crippen LogP contribution in [-0.4, -0.2) is 23.1 Å². The highest BCUT2D eigenvalue weighted by Crippen LogP contribution is 2.30. The van der Waals surface area contributed by atoms with E-state index >= 15 is 0 Å². The summed E-state index contributed by atoms with van der Waals surface area (Å²) in [7, 11) is 0. The SMILES string of the molecule is Cc1ccnc(NC2CC3CCC(C2)N3)c1Br. The first-order chi connectivity index (χ1) is 8.22. The summed E-state index contributed by atoms with van der Waals surface area (Å²) < 4.78 is 1.10. The van der Waals surface area contributed by atoms with Crippen molar-refractivity contribution in [3.63, 3.8) is 0 Å². The minimum atomic E-state index is 0.569. The van der Waals surface area contributed by atoms with Gasteiger partial charge in [-0.05, 0) is 60.2 Å². The Kier molecular flexibility index (Phi) is 3.09. The number of aromatic nitrogens is 1. The third kappa shape index (κ3) is 2.33. The summed E-state index contributed by atoms with van der Waals surface area (Å²) in [4.78, 5) is 4.43. The first-order valence-corrected chi connectivity index (χ1v) is 7.15. The Morgan fingerprint density at radius 2 is 2.06 bits per heavy atom. The highest BCUT2D eigenvalue weighted by molar-refractivity contribution is 9.10. The second-order valence-corrected chi connectivity index (χ2v) is 6.03.